The van der Waals surface area contributed by atoms with E-state index in [1.807, 2.05) is 20.8 Å². The molecule has 0 radical (unpaired) electrons. The molecule has 2 unspecified atom stereocenters. The van der Waals surface area contributed by atoms with E-state index in [4.69, 9.17) is 18.9 Å². The van der Waals surface area contributed by atoms with E-state index >= 15 is 0 Å². The van der Waals surface area contributed by atoms with Crippen LogP contribution in [0.3, 0.4) is 0 Å². The quantitative estimate of drug-likeness (QED) is 0.184. The largest absolute Gasteiger partial charge is 0.511 e. The number of carboxylic acids is 1. The Kier molecular flexibility index (Phi) is 12.2. The van der Waals surface area contributed by atoms with Crippen LogP contribution in [0.4, 0.5) is 4.79 Å². The second kappa shape index (κ2) is 14.1. The molecule has 38 heavy (non-hydrogen) atoms. The van der Waals surface area contributed by atoms with Crippen molar-refractivity contribution in [2.75, 3.05) is 0 Å². The van der Waals surface area contributed by atoms with Gasteiger partial charge < -0.3 is 24.1 Å². The average molecular weight is 538 g/mol. The van der Waals surface area contributed by atoms with Crippen molar-refractivity contribution in [1.82, 2.24) is 5.32 Å². The molecule has 1 aromatic rings. The highest BCUT2D eigenvalue weighted by atomic mass is 16.8. The molecule has 0 aliphatic rings. The first-order chi connectivity index (χ1) is 17.6. The molecule has 0 saturated carbocycles. The third kappa shape index (κ3) is 9.63. The van der Waals surface area contributed by atoms with Gasteiger partial charge in [0.1, 0.15) is 5.60 Å². The van der Waals surface area contributed by atoms with Gasteiger partial charge in [-0.1, -0.05) is 40.7 Å². The van der Waals surface area contributed by atoms with E-state index in [1.54, 1.807) is 41.5 Å². The molecule has 10 nitrogen and oxygen atoms in total. The van der Waals surface area contributed by atoms with Crippen molar-refractivity contribution in [3.63, 3.8) is 0 Å². The second-order valence-electron chi connectivity index (χ2n) is 10.4. The Labute approximate surface area is 225 Å². The van der Waals surface area contributed by atoms with Crippen LogP contribution in [-0.2, 0) is 30.3 Å². The van der Waals surface area contributed by atoms with Crippen molar-refractivity contribution < 1.29 is 43.2 Å². The van der Waals surface area contributed by atoms with Crippen LogP contribution in [0.5, 0.6) is 11.5 Å². The summed E-state index contributed by atoms with van der Waals surface area (Å²) < 4.78 is 21.8. The van der Waals surface area contributed by atoms with Gasteiger partial charge in [-0.3, -0.25) is 14.9 Å². The molecular weight excluding hydrogens is 494 g/mol. The number of benzene rings is 1. The summed E-state index contributed by atoms with van der Waals surface area (Å²) in [5, 5.41) is 13.0. The lowest BCUT2D eigenvalue weighted by Gasteiger charge is -2.33. The monoisotopic (exact) mass is 537 g/mol. The molecule has 2 N–H and O–H groups in total. The molecule has 3 atom stereocenters. The second-order valence-corrected chi connectivity index (χ2v) is 10.4. The molecule has 0 amide bonds. The van der Waals surface area contributed by atoms with E-state index < -0.39 is 47.3 Å². The number of esters is 2. The van der Waals surface area contributed by atoms with Crippen LogP contribution < -0.4 is 14.8 Å². The number of hydrogen-bond acceptors (Lipinski definition) is 9. The standard InChI is InChI=1S/C28H43NO9/c1-10-18(6)23(30)35-21-14-13-20(15-22(21)36-24(31)19(7)11-2)16-28(25(32)33,29-17(4)5)38-26(34)37-27(8,9)12-3/h13-15,17-19,29H,10-12,16H2,1-9H3,(H,32,33)/t18?,19?,28-/m0/s1. The maximum absolute atomic E-state index is 12.6. The zero-order valence-electron chi connectivity index (χ0n) is 24.0. The highest BCUT2D eigenvalue weighted by Gasteiger charge is 2.45. The van der Waals surface area contributed by atoms with Gasteiger partial charge in [0.2, 0.25) is 0 Å². The third-order valence-corrected chi connectivity index (χ3v) is 6.25. The SMILES string of the molecule is CCC(C)C(=O)Oc1ccc(C[C@](NC(C)C)(OC(=O)OC(C)(C)CC)C(=O)O)cc1OC(=O)C(C)CC. The third-order valence-electron chi connectivity index (χ3n) is 6.25. The van der Waals surface area contributed by atoms with Crippen LogP contribution in [0.1, 0.15) is 87.1 Å². The summed E-state index contributed by atoms with van der Waals surface area (Å²) in [7, 11) is 0. The van der Waals surface area contributed by atoms with Gasteiger partial charge >= 0.3 is 24.1 Å². The summed E-state index contributed by atoms with van der Waals surface area (Å²) in [6.45, 7) is 15.7. The summed E-state index contributed by atoms with van der Waals surface area (Å²) in [4.78, 5) is 50.1. The van der Waals surface area contributed by atoms with Gasteiger partial charge in [0, 0.05) is 12.5 Å². The molecule has 1 rings (SSSR count). The van der Waals surface area contributed by atoms with Crippen LogP contribution in [0.15, 0.2) is 18.2 Å². The van der Waals surface area contributed by atoms with E-state index in [0.717, 1.165) is 0 Å². The van der Waals surface area contributed by atoms with E-state index in [-0.39, 0.29) is 23.8 Å². The Morgan fingerprint density at radius 1 is 0.868 bits per heavy atom. The zero-order valence-corrected chi connectivity index (χ0v) is 24.0. The molecule has 1 aromatic carbocycles. The van der Waals surface area contributed by atoms with E-state index in [1.165, 1.54) is 18.2 Å². The number of carboxylic acid groups (broad SMARTS) is 1. The van der Waals surface area contributed by atoms with Crippen molar-refractivity contribution in [2.45, 2.75) is 105 Å². The molecular formula is C28H43NO9. The lowest BCUT2D eigenvalue weighted by molar-refractivity contribution is -0.169. The predicted molar refractivity (Wildman–Crippen MR) is 141 cm³/mol. The van der Waals surface area contributed by atoms with Crippen molar-refractivity contribution in [3.8, 4) is 11.5 Å². The minimum atomic E-state index is -2.19. The molecule has 0 fully saturated rings. The Morgan fingerprint density at radius 2 is 1.39 bits per heavy atom. The van der Waals surface area contributed by atoms with Gasteiger partial charge in [-0.2, -0.15) is 0 Å². The van der Waals surface area contributed by atoms with Gasteiger partial charge in [0.15, 0.2) is 11.5 Å². The average Bonchev–Trinajstić information content (AvgIpc) is 2.83. The fourth-order valence-electron chi connectivity index (χ4n) is 3.09. The summed E-state index contributed by atoms with van der Waals surface area (Å²) in [5.74, 6) is -3.28. The normalized spacial score (nSPS) is 14.7. The highest BCUT2D eigenvalue weighted by Crippen LogP contribution is 2.32. The summed E-state index contributed by atoms with van der Waals surface area (Å²) in [6, 6.07) is 3.96. The fraction of sp³-hybridized carbons (Fsp3) is 0.643. The molecule has 0 bridgehead atoms. The summed E-state index contributed by atoms with van der Waals surface area (Å²) >= 11 is 0. The number of nitrogens with one attached hydrogen (secondary N) is 1. The Morgan fingerprint density at radius 3 is 1.84 bits per heavy atom. The summed E-state index contributed by atoms with van der Waals surface area (Å²) in [5.41, 5.74) is -2.71. The number of carbonyl (C=O) groups excluding carboxylic acids is 3. The molecule has 0 aromatic heterocycles. The lowest BCUT2D eigenvalue weighted by atomic mass is 10.0. The van der Waals surface area contributed by atoms with Gasteiger partial charge in [0.05, 0.1) is 11.8 Å². The molecule has 0 saturated heterocycles. The maximum Gasteiger partial charge on any atom is 0.511 e. The number of ether oxygens (including phenoxy) is 4. The molecule has 0 aliphatic carbocycles. The molecule has 10 heteroatoms. The van der Waals surface area contributed by atoms with Crippen molar-refractivity contribution in [2.24, 2.45) is 11.8 Å². The number of hydrogen-bond donors (Lipinski definition) is 2. The first kappa shape index (κ1) is 32.9. The summed E-state index contributed by atoms with van der Waals surface area (Å²) in [6.07, 6.45) is 0.0978. The van der Waals surface area contributed by atoms with Crippen molar-refractivity contribution in [3.05, 3.63) is 23.8 Å². The van der Waals surface area contributed by atoms with Crippen LogP contribution in [0.2, 0.25) is 0 Å². The molecule has 214 valence electrons. The predicted octanol–water partition coefficient (Wildman–Crippen LogP) is 5.25. The maximum atomic E-state index is 12.6. The van der Waals surface area contributed by atoms with E-state index in [0.29, 0.717) is 24.8 Å². The van der Waals surface area contributed by atoms with Crippen LogP contribution in [0, 0.1) is 11.8 Å². The van der Waals surface area contributed by atoms with Gasteiger partial charge in [-0.15, -0.1) is 0 Å². The van der Waals surface area contributed by atoms with Gasteiger partial charge in [0.25, 0.3) is 5.72 Å². The first-order valence-electron chi connectivity index (χ1n) is 13.1. The lowest BCUT2D eigenvalue weighted by Crippen LogP contribution is -2.59. The van der Waals surface area contributed by atoms with Crippen molar-refractivity contribution in [1.29, 1.82) is 0 Å². The topological polar surface area (TPSA) is 137 Å². The Bertz CT molecular complexity index is 989. The first-order valence-corrected chi connectivity index (χ1v) is 13.1. The molecule has 0 heterocycles. The highest BCUT2D eigenvalue weighted by molar-refractivity contribution is 5.81. The number of carbonyl (C=O) groups is 4. The molecule has 0 aliphatic heterocycles. The van der Waals surface area contributed by atoms with E-state index in [2.05, 4.69) is 5.32 Å². The minimum absolute atomic E-state index is 0.0264. The van der Waals surface area contributed by atoms with Crippen LogP contribution in [0.25, 0.3) is 0 Å². The van der Waals surface area contributed by atoms with Gasteiger partial charge in [-0.05, 0) is 64.7 Å². The van der Waals surface area contributed by atoms with Crippen LogP contribution in [-0.4, -0.2) is 46.5 Å². The fourth-order valence-corrected chi connectivity index (χ4v) is 3.09. The molecule has 0 spiro atoms. The Hall–Kier alpha value is -3.14. The number of rotatable bonds is 14. The zero-order chi connectivity index (χ0) is 29.3. The van der Waals surface area contributed by atoms with E-state index in [9.17, 15) is 24.3 Å². The number of aliphatic carboxylic acids is 1. The Balaban J connectivity index is 3.49. The smallest absolute Gasteiger partial charge is 0.477 e. The van der Waals surface area contributed by atoms with Crippen LogP contribution >= 0.6 is 0 Å². The minimum Gasteiger partial charge on any atom is -0.477 e. The van der Waals surface area contributed by atoms with Gasteiger partial charge in [-0.25, -0.2) is 9.59 Å². The van der Waals surface area contributed by atoms with Crippen molar-refractivity contribution >= 4 is 24.1 Å².